The molecule has 136 valence electrons. The molecule has 1 aromatic heterocycles. The van der Waals surface area contributed by atoms with Crippen LogP contribution in [0.2, 0.25) is 0 Å². The van der Waals surface area contributed by atoms with Crippen LogP contribution in [0.1, 0.15) is 47.8 Å². The van der Waals surface area contributed by atoms with Crippen LogP contribution in [0.4, 0.5) is 4.79 Å². The molecule has 26 heavy (non-hydrogen) atoms. The fourth-order valence-corrected chi connectivity index (χ4v) is 4.96. The lowest BCUT2D eigenvalue weighted by Gasteiger charge is -2.33. The molecule has 7 heteroatoms. The fourth-order valence-electron chi connectivity index (χ4n) is 3.86. The Morgan fingerprint density at radius 2 is 1.96 bits per heavy atom. The Morgan fingerprint density at radius 1 is 1.27 bits per heavy atom. The lowest BCUT2D eigenvalue weighted by Crippen LogP contribution is -2.51. The molecule has 1 aliphatic heterocycles. The average molecular weight is 371 g/mol. The standard InChI is InChI=1S/C19H21N3O3S/c1-11-7-9-19(10-8-11)17(24)22(18(25)20-19)21-16(23)15-12(2)13-5-3-4-6-14(13)26-15/h3-6,11H,7-10H2,1-2H3,(H,20,25)(H,21,23). The molecule has 0 atom stereocenters. The second-order valence-electron chi connectivity index (χ2n) is 7.33. The number of rotatable bonds is 2. The maximum atomic E-state index is 12.9. The number of urea groups is 1. The Balaban J connectivity index is 1.56. The SMILES string of the molecule is Cc1c(C(=O)NN2C(=O)NC3(CCC(C)CC3)C2=O)sc2ccccc12. The predicted molar refractivity (Wildman–Crippen MR) is 99.8 cm³/mol. The molecular weight excluding hydrogens is 350 g/mol. The zero-order valence-electron chi connectivity index (χ0n) is 14.8. The number of aryl methyl sites for hydroxylation is 1. The van der Waals surface area contributed by atoms with Gasteiger partial charge in [0.2, 0.25) is 0 Å². The highest BCUT2D eigenvalue weighted by Gasteiger charge is 2.53. The molecule has 4 rings (SSSR count). The van der Waals surface area contributed by atoms with E-state index < -0.39 is 17.5 Å². The van der Waals surface area contributed by atoms with Gasteiger partial charge in [0, 0.05) is 4.70 Å². The number of nitrogens with one attached hydrogen (secondary N) is 2. The molecule has 0 unspecified atom stereocenters. The summed E-state index contributed by atoms with van der Waals surface area (Å²) in [6.45, 7) is 4.03. The summed E-state index contributed by atoms with van der Waals surface area (Å²) in [5.41, 5.74) is 2.53. The van der Waals surface area contributed by atoms with Gasteiger partial charge in [0.15, 0.2) is 0 Å². The van der Waals surface area contributed by atoms with Crippen molar-refractivity contribution < 1.29 is 14.4 Å². The molecule has 0 bridgehead atoms. The Morgan fingerprint density at radius 3 is 2.65 bits per heavy atom. The lowest BCUT2D eigenvalue weighted by atomic mass is 9.77. The molecule has 0 radical (unpaired) electrons. The highest BCUT2D eigenvalue weighted by molar-refractivity contribution is 7.21. The van der Waals surface area contributed by atoms with Gasteiger partial charge in [0.1, 0.15) is 5.54 Å². The van der Waals surface area contributed by atoms with Crippen molar-refractivity contribution >= 4 is 39.3 Å². The second-order valence-corrected chi connectivity index (χ2v) is 8.38. The van der Waals surface area contributed by atoms with E-state index in [0.29, 0.717) is 23.6 Å². The van der Waals surface area contributed by atoms with Crippen LogP contribution in [-0.2, 0) is 4.79 Å². The summed E-state index contributed by atoms with van der Waals surface area (Å²) in [7, 11) is 0. The van der Waals surface area contributed by atoms with E-state index in [0.717, 1.165) is 33.5 Å². The van der Waals surface area contributed by atoms with Gasteiger partial charge in [-0.1, -0.05) is 25.1 Å². The molecule has 1 aromatic carbocycles. The first-order valence-electron chi connectivity index (χ1n) is 8.87. The van der Waals surface area contributed by atoms with Crippen LogP contribution in [0.15, 0.2) is 24.3 Å². The number of hydrazine groups is 1. The predicted octanol–water partition coefficient (Wildman–Crippen LogP) is 3.36. The van der Waals surface area contributed by atoms with E-state index in [1.807, 2.05) is 31.2 Å². The van der Waals surface area contributed by atoms with Crippen LogP contribution in [0.5, 0.6) is 0 Å². The van der Waals surface area contributed by atoms with Gasteiger partial charge in [0.05, 0.1) is 4.88 Å². The third-order valence-corrected chi connectivity index (χ3v) is 6.82. The number of carbonyl (C=O) groups is 3. The Labute approximate surface area is 155 Å². The van der Waals surface area contributed by atoms with E-state index in [9.17, 15) is 14.4 Å². The van der Waals surface area contributed by atoms with E-state index in [1.54, 1.807) is 0 Å². The minimum absolute atomic E-state index is 0.346. The zero-order chi connectivity index (χ0) is 18.5. The molecule has 2 fully saturated rings. The summed E-state index contributed by atoms with van der Waals surface area (Å²) < 4.78 is 1.00. The summed E-state index contributed by atoms with van der Waals surface area (Å²) in [6.07, 6.45) is 3.02. The monoisotopic (exact) mass is 371 g/mol. The van der Waals surface area contributed by atoms with E-state index in [-0.39, 0.29) is 5.91 Å². The number of hydrogen-bond donors (Lipinski definition) is 2. The van der Waals surface area contributed by atoms with Crippen LogP contribution in [-0.4, -0.2) is 28.4 Å². The van der Waals surface area contributed by atoms with E-state index >= 15 is 0 Å². The topological polar surface area (TPSA) is 78.5 Å². The zero-order valence-corrected chi connectivity index (χ0v) is 15.6. The number of thiophene rings is 1. The van der Waals surface area contributed by atoms with Crippen LogP contribution in [0.3, 0.4) is 0 Å². The normalized spacial score (nSPS) is 25.8. The van der Waals surface area contributed by atoms with Gasteiger partial charge in [-0.25, -0.2) is 4.79 Å². The van der Waals surface area contributed by atoms with Gasteiger partial charge >= 0.3 is 6.03 Å². The van der Waals surface area contributed by atoms with Crippen molar-refractivity contribution in [1.29, 1.82) is 0 Å². The van der Waals surface area contributed by atoms with Gasteiger partial charge in [-0.05, 0) is 55.5 Å². The van der Waals surface area contributed by atoms with Gasteiger partial charge in [-0.15, -0.1) is 11.3 Å². The number of imide groups is 1. The first-order valence-corrected chi connectivity index (χ1v) is 9.69. The van der Waals surface area contributed by atoms with Crippen LogP contribution < -0.4 is 10.7 Å². The minimum atomic E-state index is -0.855. The summed E-state index contributed by atoms with van der Waals surface area (Å²) in [4.78, 5) is 38.5. The molecule has 6 nitrogen and oxygen atoms in total. The maximum Gasteiger partial charge on any atom is 0.344 e. The smallest absolute Gasteiger partial charge is 0.322 e. The van der Waals surface area contributed by atoms with Crippen molar-refractivity contribution in [2.45, 2.75) is 45.1 Å². The summed E-state index contributed by atoms with van der Waals surface area (Å²) >= 11 is 1.36. The van der Waals surface area contributed by atoms with E-state index in [1.165, 1.54) is 11.3 Å². The highest BCUT2D eigenvalue weighted by atomic mass is 32.1. The van der Waals surface area contributed by atoms with Gasteiger partial charge in [0.25, 0.3) is 11.8 Å². The first-order chi connectivity index (χ1) is 12.4. The van der Waals surface area contributed by atoms with Crippen molar-refractivity contribution in [3.63, 3.8) is 0 Å². The van der Waals surface area contributed by atoms with Crippen molar-refractivity contribution in [2.75, 3.05) is 0 Å². The third kappa shape index (κ3) is 2.58. The Bertz CT molecular complexity index is 912. The molecule has 2 aromatic rings. The molecule has 2 N–H and O–H groups in total. The third-order valence-electron chi connectivity index (χ3n) is 5.55. The number of hydrogen-bond acceptors (Lipinski definition) is 4. The molecule has 1 saturated heterocycles. The fraction of sp³-hybridized carbons (Fsp3) is 0.421. The minimum Gasteiger partial charge on any atom is -0.322 e. The van der Waals surface area contributed by atoms with E-state index in [2.05, 4.69) is 17.7 Å². The molecule has 1 spiro atoms. The van der Waals surface area contributed by atoms with Crippen LogP contribution in [0, 0.1) is 12.8 Å². The number of amides is 4. The number of carbonyl (C=O) groups excluding carboxylic acids is 3. The molecular formula is C19H21N3O3S. The molecule has 2 heterocycles. The molecule has 2 aliphatic rings. The molecule has 4 amide bonds. The Kier molecular flexibility index (Phi) is 3.99. The first kappa shape index (κ1) is 17.0. The van der Waals surface area contributed by atoms with Crippen molar-refractivity contribution in [3.8, 4) is 0 Å². The lowest BCUT2D eigenvalue weighted by molar-refractivity contribution is -0.134. The molecule has 1 aliphatic carbocycles. The largest absolute Gasteiger partial charge is 0.344 e. The van der Waals surface area contributed by atoms with Crippen LogP contribution >= 0.6 is 11.3 Å². The highest BCUT2D eigenvalue weighted by Crippen LogP contribution is 2.36. The van der Waals surface area contributed by atoms with Crippen molar-refractivity contribution in [1.82, 2.24) is 15.8 Å². The van der Waals surface area contributed by atoms with Crippen LogP contribution in [0.25, 0.3) is 10.1 Å². The van der Waals surface area contributed by atoms with Gasteiger partial charge in [-0.2, -0.15) is 5.01 Å². The summed E-state index contributed by atoms with van der Waals surface area (Å²) in [6, 6.07) is 7.22. The van der Waals surface area contributed by atoms with Gasteiger partial charge < -0.3 is 5.32 Å². The average Bonchev–Trinajstić information content (AvgIpc) is 3.08. The second kappa shape index (κ2) is 6.09. The summed E-state index contributed by atoms with van der Waals surface area (Å²) in [5.74, 6) is -0.217. The molecule has 1 saturated carbocycles. The van der Waals surface area contributed by atoms with Gasteiger partial charge in [-0.3, -0.25) is 15.0 Å². The number of nitrogens with zero attached hydrogens (tertiary/aromatic N) is 1. The van der Waals surface area contributed by atoms with E-state index in [4.69, 9.17) is 0 Å². The Hall–Kier alpha value is -2.41. The quantitative estimate of drug-likeness (QED) is 0.795. The maximum absolute atomic E-state index is 12.9. The number of benzene rings is 1. The van der Waals surface area contributed by atoms with Crippen molar-refractivity contribution in [3.05, 3.63) is 34.7 Å². The number of fused-ring (bicyclic) bond motifs is 1. The summed E-state index contributed by atoms with van der Waals surface area (Å²) in [5, 5.41) is 4.69. The van der Waals surface area contributed by atoms with Crippen molar-refractivity contribution in [2.24, 2.45) is 5.92 Å².